The summed E-state index contributed by atoms with van der Waals surface area (Å²) >= 11 is 1.99. The molecule has 1 saturated heterocycles. The Balaban J connectivity index is 1.32. The Morgan fingerprint density at radius 1 is 1.21 bits per heavy atom. The minimum absolute atomic E-state index is 0.129. The summed E-state index contributed by atoms with van der Waals surface area (Å²) in [5.74, 6) is 1.63. The Morgan fingerprint density at radius 3 is 2.73 bits per heavy atom. The highest BCUT2D eigenvalue weighted by atomic mass is 32.2. The Morgan fingerprint density at radius 2 is 2.00 bits per heavy atom. The first-order valence-electron chi connectivity index (χ1n) is 10.9. The number of rotatable bonds is 8. The Kier molecular flexibility index (Phi) is 7.14. The first-order chi connectivity index (χ1) is 15.9. The number of nitro benzene ring substituents is 1. The molecule has 9 nitrogen and oxygen atoms in total. The van der Waals surface area contributed by atoms with Crippen LogP contribution < -0.4 is 11.1 Å². The van der Waals surface area contributed by atoms with E-state index in [1.165, 1.54) is 39.8 Å². The van der Waals surface area contributed by atoms with Gasteiger partial charge in [0.15, 0.2) is 5.58 Å². The van der Waals surface area contributed by atoms with Gasteiger partial charge in [0.05, 0.1) is 16.5 Å². The van der Waals surface area contributed by atoms with Crippen LogP contribution in [0.4, 0.5) is 11.4 Å². The average molecular weight is 471 g/mol. The second-order valence-electron chi connectivity index (χ2n) is 8.12. The summed E-state index contributed by atoms with van der Waals surface area (Å²) in [6.07, 6.45) is 0.667. The van der Waals surface area contributed by atoms with Gasteiger partial charge >= 0.3 is 5.76 Å². The van der Waals surface area contributed by atoms with Gasteiger partial charge in [-0.1, -0.05) is 12.1 Å². The molecule has 10 heteroatoms. The van der Waals surface area contributed by atoms with Crippen molar-refractivity contribution in [3.63, 3.8) is 0 Å². The van der Waals surface area contributed by atoms with Gasteiger partial charge in [0.2, 0.25) is 5.91 Å². The van der Waals surface area contributed by atoms with Crippen LogP contribution in [0.25, 0.3) is 11.1 Å². The van der Waals surface area contributed by atoms with Crippen molar-refractivity contribution in [2.75, 3.05) is 29.9 Å². The lowest BCUT2D eigenvalue weighted by atomic mass is 10.1. The third-order valence-corrected chi connectivity index (χ3v) is 6.67. The van der Waals surface area contributed by atoms with E-state index in [0.717, 1.165) is 30.9 Å². The number of aromatic nitrogens is 1. The molecule has 3 aromatic rings. The highest BCUT2D eigenvalue weighted by Crippen LogP contribution is 2.21. The average Bonchev–Trinajstić information content (AvgIpc) is 3.10. The van der Waals surface area contributed by atoms with Crippen LogP contribution >= 0.6 is 11.8 Å². The lowest BCUT2D eigenvalue weighted by Gasteiger charge is -2.26. The fourth-order valence-electron chi connectivity index (χ4n) is 3.97. The first-order valence-corrected chi connectivity index (χ1v) is 12.0. The van der Waals surface area contributed by atoms with Crippen molar-refractivity contribution < 1.29 is 14.1 Å². The standard InChI is InChI=1S/C23H26N4O5S/c1-16-13-17(15-25-9-11-33-12-10-25)4-6-19(16)24-22(28)3-2-8-26-20-7-5-18(27(30)31)14-21(20)32-23(26)29/h4-7,13-14H,2-3,8-12,15H2,1H3,(H,24,28). The van der Waals surface area contributed by atoms with Gasteiger partial charge in [-0.15, -0.1) is 0 Å². The van der Waals surface area contributed by atoms with Crippen molar-refractivity contribution in [2.45, 2.75) is 32.9 Å². The molecular weight excluding hydrogens is 444 g/mol. The molecule has 0 unspecified atom stereocenters. The summed E-state index contributed by atoms with van der Waals surface area (Å²) in [4.78, 5) is 37.4. The fourth-order valence-corrected chi connectivity index (χ4v) is 4.95. The number of fused-ring (bicyclic) bond motifs is 1. The fraction of sp³-hybridized carbons (Fsp3) is 0.391. The van der Waals surface area contributed by atoms with E-state index in [2.05, 4.69) is 22.3 Å². The van der Waals surface area contributed by atoms with Crippen LogP contribution in [0, 0.1) is 17.0 Å². The molecule has 2 aromatic carbocycles. The molecule has 0 aliphatic carbocycles. The number of thioether (sulfide) groups is 1. The molecule has 33 heavy (non-hydrogen) atoms. The molecule has 1 aliphatic rings. The van der Waals surface area contributed by atoms with Crippen LogP contribution in [-0.4, -0.2) is 44.9 Å². The number of nitrogens with one attached hydrogen (secondary N) is 1. The molecular formula is C23H26N4O5S. The minimum Gasteiger partial charge on any atom is -0.407 e. The van der Waals surface area contributed by atoms with Crippen molar-refractivity contribution in [3.05, 3.63) is 68.2 Å². The molecule has 174 valence electrons. The summed E-state index contributed by atoms with van der Waals surface area (Å²) in [7, 11) is 0. The van der Waals surface area contributed by atoms with E-state index in [9.17, 15) is 19.7 Å². The first kappa shape index (κ1) is 23.1. The predicted molar refractivity (Wildman–Crippen MR) is 129 cm³/mol. The number of hydrogen-bond donors (Lipinski definition) is 1. The monoisotopic (exact) mass is 470 g/mol. The summed E-state index contributed by atoms with van der Waals surface area (Å²) in [6.45, 7) is 5.40. The molecule has 0 spiro atoms. The van der Waals surface area contributed by atoms with Gasteiger partial charge in [-0.2, -0.15) is 11.8 Å². The molecule has 1 aliphatic heterocycles. The number of benzene rings is 2. The zero-order valence-corrected chi connectivity index (χ0v) is 19.2. The molecule has 1 amide bonds. The number of aryl methyl sites for hydroxylation is 2. The molecule has 1 aromatic heterocycles. The predicted octanol–water partition coefficient (Wildman–Crippen LogP) is 3.78. The number of non-ortho nitro benzene ring substituents is 1. The second-order valence-corrected chi connectivity index (χ2v) is 9.34. The smallest absolute Gasteiger partial charge is 0.407 e. The quantitative estimate of drug-likeness (QED) is 0.394. The minimum atomic E-state index is -0.593. The third-order valence-electron chi connectivity index (χ3n) is 5.72. The van der Waals surface area contributed by atoms with Crippen molar-refractivity contribution in [1.82, 2.24) is 9.47 Å². The van der Waals surface area contributed by atoms with Gasteiger partial charge < -0.3 is 9.73 Å². The van der Waals surface area contributed by atoms with Crippen LogP contribution in [0.2, 0.25) is 0 Å². The maximum atomic E-state index is 12.5. The molecule has 2 heterocycles. The topological polar surface area (TPSA) is 111 Å². The van der Waals surface area contributed by atoms with Crippen LogP contribution in [0.1, 0.15) is 24.0 Å². The van der Waals surface area contributed by atoms with E-state index in [-0.39, 0.29) is 30.1 Å². The van der Waals surface area contributed by atoms with Crippen molar-refractivity contribution in [1.29, 1.82) is 0 Å². The van der Waals surface area contributed by atoms with E-state index in [1.54, 1.807) is 0 Å². The molecule has 0 atom stereocenters. The largest absolute Gasteiger partial charge is 0.419 e. The SMILES string of the molecule is Cc1cc(CN2CCSCC2)ccc1NC(=O)CCCn1c(=O)oc2cc([N+](=O)[O-])ccc21. The number of nitrogens with zero attached hydrogens (tertiary/aromatic N) is 3. The van der Waals surface area contributed by atoms with Gasteiger partial charge in [-0.05, 0) is 36.6 Å². The van der Waals surface area contributed by atoms with Crippen molar-refractivity contribution in [2.24, 2.45) is 0 Å². The van der Waals surface area contributed by atoms with Gasteiger partial charge in [-0.3, -0.25) is 24.4 Å². The zero-order chi connectivity index (χ0) is 23.4. The number of carbonyl (C=O) groups excluding carboxylic acids is 1. The van der Waals surface area contributed by atoms with E-state index in [4.69, 9.17) is 4.42 Å². The Bertz CT molecular complexity index is 1230. The molecule has 0 radical (unpaired) electrons. The van der Waals surface area contributed by atoms with Gasteiger partial charge in [0.1, 0.15) is 0 Å². The highest BCUT2D eigenvalue weighted by molar-refractivity contribution is 7.99. The number of anilines is 1. The number of hydrogen-bond acceptors (Lipinski definition) is 7. The summed E-state index contributed by atoms with van der Waals surface area (Å²) in [6, 6.07) is 10.2. The summed E-state index contributed by atoms with van der Waals surface area (Å²) in [5, 5.41) is 13.8. The Hall–Kier alpha value is -3.11. The van der Waals surface area contributed by atoms with Crippen LogP contribution in [0.5, 0.6) is 0 Å². The van der Waals surface area contributed by atoms with Crippen molar-refractivity contribution >= 4 is 40.1 Å². The highest BCUT2D eigenvalue weighted by Gasteiger charge is 2.15. The number of carbonyl (C=O) groups is 1. The molecule has 1 N–H and O–H groups in total. The van der Waals surface area contributed by atoms with Crippen molar-refractivity contribution in [3.8, 4) is 0 Å². The van der Waals surface area contributed by atoms with Crippen LogP contribution in [-0.2, 0) is 17.9 Å². The normalized spacial score (nSPS) is 14.5. The number of oxazole rings is 1. The van der Waals surface area contributed by atoms with Crippen LogP contribution in [0.3, 0.4) is 0 Å². The Labute approximate surface area is 194 Å². The van der Waals surface area contributed by atoms with E-state index in [1.807, 2.05) is 24.8 Å². The second kappa shape index (κ2) is 10.2. The molecule has 0 bridgehead atoms. The van der Waals surface area contributed by atoms with E-state index < -0.39 is 10.7 Å². The molecule has 0 saturated carbocycles. The maximum Gasteiger partial charge on any atom is 0.419 e. The number of nitro groups is 1. The van der Waals surface area contributed by atoms with Gasteiger partial charge in [-0.25, -0.2) is 4.79 Å². The summed E-state index contributed by atoms with van der Waals surface area (Å²) < 4.78 is 6.52. The lowest BCUT2D eigenvalue weighted by Crippen LogP contribution is -2.31. The van der Waals surface area contributed by atoms with Gasteiger partial charge in [0.25, 0.3) is 5.69 Å². The zero-order valence-electron chi connectivity index (χ0n) is 18.4. The molecule has 4 rings (SSSR count). The molecule has 1 fully saturated rings. The van der Waals surface area contributed by atoms with Gasteiger partial charge in [0, 0.05) is 55.9 Å². The lowest BCUT2D eigenvalue weighted by molar-refractivity contribution is -0.384. The third kappa shape index (κ3) is 5.63. The van der Waals surface area contributed by atoms with E-state index >= 15 is 0 Å². The number of amides is 1. The van der Waals surface area contributed by atoms with E-state index in [0.29, 0.717) is 11.9 Å². The van der Waals surface area contributed by atoms with Crippen LogP contribution in [0.15, 0.2) is 45.6 Å². The maximum absolute atomic E-state index is 12.5. The summed E-state index contributed by atoms with van der Waals surface area (Å²) in [5.41, 5.74) is 3.55.